The largest absolute Gasteiger partial charge is 0.522 e. The molecule has 0 saturated carbocycles. The van der Waals surface area contributed by atoms with Gasteiger partial charge in [0.25, 0.3) is 0 Å². The van der Waals surface area contributed by atoms with E-state index in [1.54, 1.807) is 12.1 Å². The van der Waals surface area contributed by atoms with Crippen molar-refractivity contribution >= 4 is 15.9 Å². The van der Waals surface area contributed by atoms with Crippen molar-refractivity contribution < 1.29 is 22.6 Å². The van der Waals surface area contributed by atoms with Crippen molar-refractivity contribution in [2.45, 2.75) is 12.8 Å². The average Bonchev–Trinajstić information content (AvgIpc) is 2.26. The Morgan fingerprint density at radius 1 is 1.22 bits per heavy atom. The van der Waals surface area contributed by atoms with Gasteiger partial charge in [-0.05, 0) is 36.7 Å². The van der Waals surface area contributed by atoms with E-state index < -0.39 is 13.0 Å². The highest BCUT2D eigenvalue weighted by Gasteiger charge is 2.28. The lowest BCUT2D eigenvalue weighted by Crippen LogP contribution is -2.18. The summed E-state index contributed by atoms with van der Waals surface area (Å²) in [6, 6.07) is 5.26. The highest BCUT2D eigenvalue weighted by molar-refractivity contribution is 9.10. The zero-order chi connectivity index (χ0) is 13.6. The maximum Gasteiger partial charge on any atom is 0.522 e. The molecule has 18 heavy (non-hydrogen) atoms. The van der Waals surface area contributed by atoms with Crippen LogP contribution in [0, 0.1) is 0 Å². The van der Waals surface area contributed by atoms with Crippen molar-refractivity contribution in [3.05, 3.63) is 28.2 Å². The Labute approximate surface area is 111 Å². The molecule has 0 heterocycles. The minimum atomic E-state index is -4.62. The van der Waals surface area contributed by atoms with Crippen molar-refractivity contribution in [2.24, 2.45) is 5.73 Å². The van der Waals surface area contributed by atoms with Gasteiger partial charge < -0.3 is 10.5 Å². The van der Waals surface area contributed by atoms with E-state index in [2.05, 4.69) is 20.7 Å². The molecular formula is C11H13BrF3NO2. The van der Waals surface area contributed by atoms with Crippen molar-refractivity contribution in [1.29, 1.82) is 0 Å². The Morgan fingerprint density at radius 3 is 2.56 bits per heavy atom. The van der Waals surface area contributed by atoms with Crippen LogP contribution in [-0.2, 0) is 11.2 Å². The van der Waals surface area contributed by atoms with Gasteiger partial charge in [-0.25, -0.2) is 0 Å². The Balaban J connectivity index is 2.51. The molecule has 3 nitrogen and oxygen atoms in total. The normalized spacial score (nSPS) is 11.6. The van der Waals surface area contributed by atoms with Crippen molar-refractivity contribution in [2.75, 3.05) is 19.8 Å². The second-order valence-corrected chi connectivity index (χ2v) is 4.35. The minimum absolute atomic E-state index is 0.168. The third kappa shape index (κ3) is 5.70. The predicted molar refractivity (Wildman–Crippen MR) is 64.4 cm³/mol. The van der Waals surface area contributed by atoms with Gasteiger partial charge >= 0.3 is 6.36 Å². The first kappa shape index (κ1) is 15.3. The van der Waals surface area contributed by atoms with Crippen molar-refractivity contribution in [3.8, 4) is 5.75 Å². The van der Waals surface area contributed by atoms with Crippen molar-refractivity contribution in [1.82, 2.24) is 0 Å². The molecule has 102 valence electrons. The van der Waals surface area contributed by atoms with E-state index in [0.29, 0.717) is 18.7 Å². The maximum atomic E-state index is 11.7. The quantitative estimate of drug-likeness (QED) is 0.817. The molecule has 0 radical (unpaired) electrons. The molecule has 0 fully saturated rings. The van der Waals surface area contributed by atoms with Crippen LogP contribution >= 0.6 is 15.9 Å². The molecule has 1 aromatic carbocycles. The number of alkyl halides is 3. The summed E-state index contributed by atoms with van der Waals surface area (Å²) in [7, 11) is 0. The first-order valence-corrected chi connectivity index (χ1v) is 6.03. The summed E-state index contributed by atoms with van der Waals surface area (Å²) in [4.78, 5) is 0. The second-order valence-electron chi connectivity index (χ2n) is 3.43. The van der Waals surface area contributed by atoms with Crippen molar-refractivity contribution in [3.63, 3.8) is 0 Å². The topological polar surface area (TPSA) is 44.5 Å². The van der Waals surface area contributed by atoms with Gasteiger partial charge in [-0.3, -0.25) is 4.74 Å². The molecule has 1 rings (SSSR count). The molecule has 0 saturated heterocycles. The van der Waals surface area contributed by atoms with Gasteiger partial charge in [0.15, 0.2) is 0 Å². The fourth-order valence-electron chi connectivity index (χ4n) is 1.35. The average molecular weight is 328 g/mol. The fraction of sp³-hybridized carbons (Fsp3) is 0.455. The van der Waals surface area contributed by atoms with E-state index in [4.69, 9.17) is 10.5 Å². The number of hydrogen-bond acceptors (Lipinski definition) is 3. The number of halogens is 4. The summed E-state index contributed by atoms with van der Waals surface area (Å²) >= 11 is 3.30. The smallest absolute Gasteiger partial charge is 0.491 e. The van der Waals surface area contributed by atoms with Gasteiger partial charge in [0.05, 0.1) is 6.61 Å². The molecule has 0 atom stereocenters. The number of ether oxygens (including phenoxy) is 2. The number of nitrogens with two attached hydrogens (primary N) is 1. The third-order valence-corrected chi connectivity index (χ3v) is 2.54. The van der Waals surface area contributed by atoms with E-state index in [1.165, 1.54) is 0 Å². The van der Waals surface area contributed by atoms with Crippen LogP contribution in [-0.4, -0.2) is 26.1 Å². The standard InChI is InChI=1S/C11H13BrF3NO2/c12-9-1-2-10(8(7-9)3-4-16)17-5-6-18-11(13,14)15/h1-2,7H,3-6,16H2. The molecule has 1 aromatic rings. The highest BCUT2D eigenvalue weighted by atomic mass is 79.9. The molecule has 7 heteroatoms. The Bertz CT molecular complexity index is 385. The molecule has 0 aliphatic carbocycles. The predicted octanol–water partition coefficient (Wildman–Crippen LogP) is 2.87. The van der Waals surface area contributed by atoms with E-state index in [0.717, 1.165) is 10.0 Å². The lowest BCUT2D eigenvalue weighted by molar-refractivity contribution is -0.325. The zero-order valence-electron chi connectivity index (χ0n) is 9.47. The molecule has 0 bridgehead atoms. The number of benzene rings is 1. The summed E-state index contributed by atoms with van der Waals surface area (Å²) < 4.78 is 44.9. The van der Waals surface area contributed by atoms with Crippen LogP contribution < -0.4 is 10.5 Å². The van der Waals surface area contributed by atoms with Gasteiger partial charge in [0.1, 0.15) is 12.4 Å². The second kappa shape index (κ2) is 6.96. The van der Waals surface area contributed by atoms with Crippen LogP contribution in [0.4, 0.5) is 13.2 Å². The van der Waals surface area contributed by atoms with E-state index >= 15 is 0 Å². The van der Waals surface area contributed by atoms with Gasteiger partial charge in [-0.15, -0.1) is 13.2 Å². The van der Waals surface area contributed by atoms with Crippen LogP contribution in [0.1, 0.15) is 5.56 Å². The zero-order valence-corrected chi connectivity index (χ0v) is 11.1. The lowest BCUT2D eigenvalue weighted by atomic mass is 10.1. The van der Waals surface area contributed by atoms with Crippen LogP contribution in [0.5, 0.6) is 5.75 Å². The molecule has 0 unspecified atom stereocenters. The third-order valence-electron chi connectivity index (χ3n) is 2.04. The first-order valence-electron chi connectivity index (χ1n) is 5.24. The monoisotopic (exact) mass is 327 g/mol. The molecule has 0 spiro atoms. The van der Waals surface area contributed by atoms with Crippen LogP contribution in [0.3, 0.4) is 0 Å². The Hall–Kier alpha value is -0.790. The van der Waals surface area contributed by atoms with Gasteiger partial charge in [0, 0.05) is 4.47 Å². The SMILES string of the molecule is NCCc1cc(Br)ccc1OCCOC(F)(F)F. The fourth-order valence-corrected chi connectivity index (χ4v) is 1.76. The summed E-state index contributed by atoms with van der Waals surface area (Å²) in [5.74, 6) is 0.523. The van der Waals surface area contributed by atoms with Crippen LogP contribution in [0.2, 0.25) is 0 Å². The maximum absolute atomic E-state index is 11.7. The summed E-state index contributed by atoms with van der Waals surface area (Å²) in [6.45, 7) is -0.272. The molecule has 2 N–H and O–H groups in total. The molecule has 0 aliphatic heterocycles. The molecule has 0 aliphatic rings. The number of rotatable bonds is 6. The van der Waals surface area contributed by atoms with Gasteiger partial charge in [0.2, 0.25) is 0 Å². The minimum Gasteiger partial charge on any atom is -0.491 e. The van der Waals surface area contributed by atoms with E-state index in [1.807, 2.05) is 6.07 Å². The Morgan fingerprint density at radius 2 is 1.94 bits per heavy atom. The van der Waals surface area contributed by atoms with Crippen LogP contribution in [0.25, 0.3) is 0 Å². The molecule has 0 aromatic heterocycles. The van der Waals surface area contributed by atoms with E-state index in [-0.39, 0.29) is 6.61 Å². The lowest BCUT2D eigenvalue weighted by Gasteiger charge is -2.12. The first-order chi connectivity index (χ1) is 8.42. The number of hydrogen-bond donors (Lipinski definition) is 1. The molecule has 0 amide bonds. The highest BCUT2D eigenvalue weighted by Crippen LogP contribution is 2.23. The Kier molecular flexibility index (Phi) is 5.90. The summed E-state index contributed by atoms with van der Waals surface area (Å²) in [5, 5.41) is 0. The summed E-state index contributed by atoms with van der Waals surface area (Å²) in [5.41, 5.74) is 6.29. The summed E-state index contributed by atoms with van der Waals surface area (Å²) in [6.07, 6.45) is -4.03. The molecular weight excluding hydrogens is 315 g/mol. The van der Waals surface area contributed by atoms with Gasteiger partial charge in [-0.2, -0.15) is 0 Å². The van der Waals surface area contributed by atoms with Crippen LogP contribution in [0.15, 0.2) is 22.7 Å². The van der Waals surface area contributed by atoms with Gasteiger partial charge in [-0.1, -0.05) is 15.9 Å². The van der Waals surface area contributed by atoms with E-state index in [9.17, 15) is 13.2 Å².